The first-order chi connectivity index (χ1) is 8.80. The topological polar surface area (TPSA) is 73.1 Å². The number of anilines is 1. The van der Waals surface area contributed by atoms with Crippen molar-refractivity contribution in [2.75, 3.05) is 12.0 Å². The van der Waals surface area contributed by atoms with Crippen LogP contribution in [-0.2, 0) is 6.42 Å². The van der Waals surface area contributed by atoms with Gasteiger partial charge in [-0.15, -0.1) is 11.3 Å². The van der Waals surface area contributed by atoms with Gasteiger partial charge in [0.05, 0.1) is 12.0 Å². The minimum atomic E-state index is 0.415. The number of aromatic nitrogens is 2. The van der Waals surface area contributed by atoms with Gasteiger partial charge in [0.15, 0.2) is 0 Å². The summed E-state index contributed by atoms with van der Waals surface area (Å²) < 4.78 is 5.80. The predicted molar refractivity (Wildman–Crippen MR) is 72.8 cm³/mol. The molecule has 0 aromatic carbocycles. The fraction of sp³-hybridized carbons (Fsp3) is 0.500. The highest BCUT2D eigenvalue weighted by Gasteiger charge is 2.23. The largest absolute Gasteiger partial charge is 0.477 e. The first kappa shape index (κ1) is 11.7. The lowest BCUT2D eigenvalue weighted by molar-refractivity contribution is 0.292. The molecule has 1 saturated carbocycles. The third kappa shape index (κ3) is 2.26. The van der Waals surface area contributed by atoms with E-state index in [9.17, 15) is 0 Å². The molecule has 3 rings (SSSR count). The van der Waals surface area contributed by atoms with E-state index in [2.05, 4.69) is 28.4 Å². The lowest BCUT2D eigenvalue weighted by Gasteiger charge is -2.06. The van der Waals surface area contributed by atoms with Crippen LogP contribution in [0.4, 0.5) is 5.95 Å². The van der Waals surface area contributed by atoms with Gasteiger partial charge in [0.2, 0.25) is 11.8 Å². The van der Waals surface area contributed by atoms with Crippen LogP contribution in [-0.4, -0.2) is 16.6 Å². The summed E-state index contributed by atoms with van der Waals surface area (Å²) in [4.78, 5) is 10.9. The minimum Gasteiger partial charge on any atom is -0.477 e. The second-order valence-electron chi connectivity index (χ2n) is 4.54. The Balaban J connectivity index is 1.98. The zero-order valence-corrected chi connectivity index (χ0v) is 11.1. The van der Waals surface area contributed by atoms with Gasteiger partial charge in [-0.05, 0) is 31.2 Å². The van der Waals surface area contributed by atoms with Crippen molar-refractivity contribution in [2.24, 2.45) is 11.8 Å². The Kier molecular flexibility index (Phi) is 3.05. The standard InChI is InChI=1S/C12H16N4OS/c1-2-8-5-9-10(17-6-7-3-4-7)14-12(16-13)15-11(9)18-8/h5,7H,2-4,6,13H2,1H3,(H,14,15,16). The van der Waals surface area contributed by atoms with Crippen LogP contribution < -0.4 is 16.0 Å². The molecule has 0 bridgehead atoms. The van der Waals surface area contributed by atoms with Gasteiger partial charge in [-0.1, -0.05) is 6.92 Å². The molecule has 0 radical (unpaired) electrons. The quantitative estimate of drug-likeness (QED) is 0.640. The van der Waals surface area contributed by atoms with Crippen molar-refractivity contribution in [3.63, 3.8) is 0 Å². The van der Waals surface area contributed by atoms with E-state index in [0.717, 1.165) is 23.2 Å². The van der Waals surface area contributed by atoms with Gasteiger partial charge in [-0.2, -0.15) is 4.98 Å². The molecule has 2 heterocycles. The molecule has 1 aliphatic rings. The third-order valence-corrected chi connectivity index (χ3v) is 4.21. The Hall–Kier alpha value is -1.40. The van der Waals surface area contributed by atoms with Gasteiger partial charge in [0.1, 0.15) is 4.83 Å². The summed E-state index contributed by atoms with van der Waals surface area (Å²) >= 11 is 1.66. The molecule has 96 valence electrons. The van der Waals surface area contributed by atoms with Crippen LogP contribution in [0.3, 0.4) is 0 Å². The molecule has 0 unspecified atom stereocenters. The Morgan fingerprint density at radius 1 is 1.50 bits per heavy atom. The highest BCUT2D eigenvalue weighted by atomic mass is 32.1. The molecule has 0 spiro atoms. The van der Waals surface area contributed by atoms with E-state index >= 15 is 0 Å². The first-order valence-corrected chi connectivity index (χ1v) is 7.01. The molecule has 0 atom stereocenters. The molecular weight excluding hydrogens is 248 g/mol. The van der Waals surface area contributed by atoms with Gasteiger partial charge in [0.25, 0.3) is 0 Å². The molecule has 1 fully saturated rings. The number of nitrogens with one attached hydrogen (secondary N) is 1. The second kappa shape index (κ2) is 4.70. The number of rotatable bonds is 5. The number of aryl methyl sites for hydroxylation is 1. The van der Waals surface area contributed by atoms with Crippen molar-refractivity contribution in [1.82, 2.24) is 9.97 Å². The number of hydrogen-bond donors (Lipinski definition) is 2. The van der Waals surface area contributed by atoms with Gasteiger partial charge in [-0.25, -0.2) is 10.8 Å². The molecular formula is C12H16N4OS. The number of ether oxygens (including phenoxy) is 1. The fourth-order valence-corrected chi connectivity index (χ4v) is 2.73. The van der Waals surface area contributed by atoms with Gasteiger partial charge < -0.3 is 4.74 Å². The fourth-order valence-electron chi connectivity index (χ4n) is 1.78. The summed E-state index contributed by atoms with van der Waals surface area (Å²) in [6.07, 6.45) is 3.52. The summed E-state index contributed by atoms with van der Waals surface area (Å²) in [5, 5.41) is 0.997. The summed E-state index contributed by atoms with van der Waals surface area (Å²) in [6, 6.07) is 2.11. The minimum absolute atomic E-state index is 0.415. The maximum absolute atomic E-state index is 5.80. The van der Waals surface area contributed by atoms with Crippen LogP contribution in [0.15, 0.2) is 6.07 Å². The third-order valence-electron chi connectivity index (χ3n) is 3.04. The summed E-state index contributed by atoms with van der Waals surface area (Å²) in [5.74, 6) is 7.16. The molecule has 0 amide bonds. The van der Waals surface area contributed by atoms with Gasteiger partial charge in [0, 0.05) is 4.88 Å². The average molecular weight is 264 g/mol. The van der Waals surface area contributed by atoms with E-state index in [4.69, 9.17) is 10.6 Å². The number of fused-ring (bicyclic) bond motifs is 1. The lowest BCUT2D eigenvalue weighted by atomic mass is 10.3. The number of nitrogens with two attached hydrogens (primary N) is 1. The molecule has 18 heavy (non-hydrogen) atoms. The van der Waals surface area contributed by atoms with E-state index in [1.54, 1.807) is 11.3 Å². The number of thiophene rings is 1. The SMILES string of the molecule is CCc1cc2c(OCC3CC3)nc(NN)nc2s1. The van der Waals surface area contributed by atoms with E-state index in [0.29, 0.717) is 17.7 Å². The zero-order chi connectivity index (χ0) is 12.5. The molecule has 3 N–H and O–H groups in total. The molecule has 5 nitrogen and oxygen atoms in total. The van der Waals surface area contributed by atoms with Gasteiger partial charge in [-0.3, -0.25) is 5.43 Å². The Labute approximate surface area is 109 Å². The number of hydrazine groups is 1. The second-order valence-corrected chi connectivity index (χ2v) is 5.65. The molecule has 1 aliphatic carbocycles. The van der Waals surface area contributed by atoms with Gasteiger partial charge >= 0.3 is 0 Å². The highest BCUT2D eigenvalue weighted by molar-refractivity contribution is 7.18. The van der Waals surface area contributed by atoms with Crippen LogP contribution in [0.5, 0.6) is 5.88 Å². The van der Waals surface area contributed by atoms with E-state index in [1.165, 1.54) is 17.7 Å². The highest BCUT2D eigenvalue weighted by Crippen LogP contribution is 2.34. The van der Waals surface area contributed by atoms with Crippen LogP contribution in [0.25, 0.3) is 10.2 Å². The molecule has 0 saturated heterocycles. The normalized spacial score (nSPS) is 15.0. The van der Waals surface area contributed by atoms with E-state index < -0.39 is 0 Å². The van der Waals surface area contributed by atoms with Crippen molar-refractivity contribution in [2.45, 2.75) is 26.2 Å². The number of nitrogens with zero attached hydrogens (tertiary/aromatic N) is 2. The van der Waals surface area contributed by atoms with Crippen molar-refractivity contribution in [3.05, 3.63) is 10.9 Å². The van der Waals surface area contributed by atoms with Crippen molar-refractivity contribution in [1.29, 1.82) is 0 Å². The van der Waals surface area contributed by atoms with Crippen LogP contribution in [0, 0.1) is 5.92 Å². The van der Waals surface area contributed by atoms with Crippen LogP contribution >= 0.6 is 11.3 Å². The van der Waals surface area contributed by atoms with E-state index in [1.807, 2.05) is 0 Å². The molecule has 6 heteroatoms. The van der Waals surface area contributed by atoms with E-state index in [-0.39, 0.29) is 0 Å². The van der Waals surface area contributed by atoms with Crippen molar-refractivity contribution in [3.8, 4) is 5.88 Å². The predicted octanol–water partition coefficient (Wildman–Crippen LogP) is 2.33. The summed E-state index contributed by atoms with van der Waals surface area (Å²) in [5.41, 5.74) is 2.49. The Morgan fingerprint density at radius 2 is 2.33 bits per heavy atom. The molecule has 2 aromatic rings. The number of hydrogen-bond acceptors (Lipinski definition) is 6. The summed E-state index contributed by atoms with van der Waals surface area (Å²) in [7, 11) is 0. The average Bonchev–Trinajstić information content (AvgIpc) is 3.13. The maximum atomic E-state index is 5.80. The first-order valence-electron chi connectivity index (χ1n) is 6.20. The Morgan fingerprint density at radius 3 is 3.00 bits per heavy atom. The number of nitrogen functional groups attached to an aromatic ring is 1. The maximum Gasteiger partial charge on any atom is 0.241 e. The monoisotopic (exact) mass is 264 g/mol. The smallest absolute Gasteiger partial charge is 0.241 e. The van der Waals surface area contributed by atoms with Crippen molar-refractivity contribution < 1.29 is 4.74 Å². The van der Waals surface area contributed by atoms with Crippen molar-refractivity contribution >= 4 is 27.5 Å². The molecule has 2 aromatic heterocycles. The zero-order valence-electron chi connectivity index (χ0n) is 10.3. The Bertz CT molecular complexity index is 564. The van der Waals surface area contributed by atoms with Crippen LogP contribution in [0.1, 0.15) is 24.6 Å². The van der Waals surface area contributed by atoms with Crippen LogP contribution in [0.2, 0.25) is 0 Å². The lowest BCUT2D eigenvalue weighted by Crippen LogP contribution is -2.11. The molecule has 0 aliphatic heterocycles. The summed E-state index contributed by atoms with van der Waals surface area (Å²) in [6.45, 7) is 2.87.